The van der Waals surface area contributed by atoms with Gasteiger partial charge in [0.1, 0.15) is 11.5 Å². The second-order valence-electron chi connectivity index (χ2n) is 7.31. The molecule has 164 valence electrons. The van der Waals surface area contributed by atoms with Gasteiger partial charge in [0, 0.05) is 0 Å². The zero-order valence-corrected chi connectivity index (χ0v) is 18.6. The van der Waals surface area contributed by atoms with Crippen LogP contribution < -0.4 is 14.4 Å². The Labute approximate surface area is 189 Å². The third-order valence-electron chi connectivity index (χ3n) is 5.42. The average molecular weight is 450 g/mol. The number of anilines is 1. The molecule has 0 spiro atoms. The first-order valence-corrected chi connectivity index (χ1v) is 11.3. The molecule has 3 aromatic carbocycles. The van der Waals surface area contributed by atoms with Gasteiger partial charge in [0.15, 0.2) is 11.1 Å². The number of ether oxygens (including phenoxy) is 2. The topological polar surface area (TPSA) is 76.1 Å². The second kappa shape index (κ2) is 9.38. The molecule has 0 fully saturated rings. The van der Waals surface area contributed by atoms with E-state index >= 15 is 0 Å². The fraction of sp³-hybridized carbons (Fsp3) is 0.160. The molecule has 0 radical (unpaired) electrons. The molecule has 1 unspecified atom stereocenters. The van der Waals surface area contributed by atoms with E-state index in [4.69, 9.17) is 14.0 Å². The highest BCUT2D eigenvalue weighted by atomic mass is 32.2. The molecule has 0 saturated heterocycles. The summed E-state index contributed by atoms with van der Waals surface area (Å²) in [5.41, 5.74) is 4.62. The maximum Gasteiger partial charge on any atom is 0.259 e. The Morgan fingerprint density at radius 3 is 2.19 bits per heavy atom. The van der Waals surface area contributed by atoms with E-state index in [1.54, 1.807) is 19.1 Å². The fourth-order valence-electron chi connectivity index (χ4n) is 3.86. The van der Waals surface area contributed by atoms with Crippen LogP contribution in [0, 0.1) is 0 Å². The summed E-state index contributed by atoms with van der Waals surface area (Å²) in [4.78, 5) is 15.3. The third kappa shape index (κ3) is 4.30. The summed E-state index contributed by atoms with van der Waals surface area (Å²) in [5.74, 6) is 1.29. The van der Waals surface area contributed by atoms with E-state index in [-0.39, 0.29) is 11.7 Å². The Bertz CT molecular complexity index is 1190. The van der Waals surface area contributed by atoms with Crippen molar-refractivity contribution in [2.75, 3.05) is 25.7 Å². The largest absolute Gasteiger partial charge is 0.497 e. The minimum atomic E-state index is -1.91. The molecule has 7 heteroatoms. The van der Waals surface area contributed by atoms with Gasteiger partial charge in [-0.05, 0) is 46.5 Å². The predicted molar refractivity (Wildman–Crippen MR) is 126 cm³/mol. The van der Waals surface area contributed by atoms with Crippen LogP contribution in [-0.4, -0.2) is 35.4 Å². The van der Waals surface area contributed by atoms with Crippen molar-refractivity contribution >= 4 is 33.8 Å². The Morgan fingerprint density at radius 2 is 1.56 bits per heavy atom. The summed E-state index contributed by atoms with van der Waals surface area (Å²) in [6.45, 7) is 0.381. The van der Waals surface area contributed by atoms with Crippen molar-refractivity contribution in [3.05, 3.63) is 89.5 Å². The summed E-state index contributed by atoms with van der Waals surface area (Å²) in [6, 6.07) is 22.3. The van der Waals surface area contributed by atoms with E-state index in [0.717, 1.165) is 22.3 Å². The molecular formula is C25H23NO5S. The van der Waals surface area contributed by atoms with Crippen LogP contribution in [0.2, 0.25) is 0 Å². The maximum atomic E-state index is 13.6. The number of nitrogens with zero attached hydrogens (tertiary/aromatic N) is 1. The first-order chi connectivity index (χ1) is 15.5. The molecule has 1 heterocycles. The van der Waals surface area contributed by atoms with Crippen LogP contribution in [0.4, 0.5) is 5.69 Å². The average Bonchev–Trinajstić information content (AvgIpc) is 3.16. The van der Waals surface area contributed by atoms with Gasteiger partial charge < -0.3 is 18.9 Å². The van der Waals surface area contributed by atoms with Gasteiger partial charge in [0.25, 0.3) is 5.91 Å². The molecule has 6 nitrogen and oxygen atoms in total. The van der Waals surface area contributed by atoms with Crippen molar-refractivity contribution in [2.24, 2.45) is 0 Å². The van der Waals surface area contributed by atoms with Crippen LogP contribution in [0.3, 0.4) is 0 Å². The zero-order chi connectivity index (χ0) is 22.7. The molecule has 1 N–H and O–H groups in total. The number of rotatable bonds is 7. The maximum absolute atomic E-state index is 13.6. The number of hydrogen-bond donors (Lipinski definition) is 1. The highest BCUT2D eigenvalue weighted by Crippen LogP contribution is 2.40. The number of para-hydroxylation sites is 2. The second-order valence-corrected chi connectivity index (χ2v) is 8.24. The van der Waals surface area contributed by atoms with Crippen molar-refractivity contribution < 1.29 is 23.0 Å². The highest BCUT2D eigenvalue weighted by Gasteiger charge is 2.34. The van der Waals surface area contributed by atoms with E-state index in [2.05, 4.69) is 0 Å². The fourth-order valence-corrected chi connectivity index (χ4v) is 4.33. The van der Waals surface area contributed by atoms with Gasteiger partial charge in [0.05, 0.1) is 37.8 Å². The monoisotopic (exact) mass is 449 g/mol. The summed E-state index contributed by atoms with van der Waals surface area (Å²) in [5, 5.41) is 0. The normalized spacial score (nSPS) is 14.6. The Balaban J connectivity index is 1.79. The van der Waals surface area contributed by atoms with Crippen LogP contribution in [0.1, 0.15) is 16.7 Å². The van der Waals surface area contributed by atoms with Crippen molar-refractivity contribution in [1.29, 1.82) is 0 Å². The lowest BCUT2D eigenvalue weighted by atomic mass is 9.96. The molecule has 1 aliphatic rings. The summed E-state index contributed by atoms with van der Waals surface area (Å²) >= 11 is -1.91. The molecule has 0 saturated carbocycles. The van der Waals surface area contributed by atoms with E-state index in [1.165, 1.54) is 0 Å². The lowest BCUT2D eigenvalue weighted by Crippen LogP contribution is -2.26. The molecule has 1 amide bonds. The number of amides is 1. The van der Waals surface area contributed by atoms with Crippen molar-refractivity contribution in [3.63, 3.8) is 0 Å². The number of methoxy groups -OCH3 is 2. The van der Waals surface area contributed by atoms with Gasteiger partial charge in [-0.15, -0.1) is 0 Å². The summed E-state index contributed by atoms with van der Waals surface area (Å²) in [6.07, 6.45) is 0. The van der Waals surface area contributed by atoms with Crippen LogP contribution in [-0.2, 0) is 21.6 Å². The number of benzene rings is 3. The summed E-state index contributed by atoms with van der Waals surface area (Å²) < 4.78 is 31.0. The molecule has 3 aromatic rings. The molecule has 32 heavy (non-hydrogen) atoms. The van der Waals surface area contributed by atoms with Crippen LogP contribution >= 0.6 is 0 Å². The predicted octanol–water partition coefficient (Wildman–Crippen LogP) is 4.38. The SMILES string of the molecule is COc1ccc(C2=C(c3ccc(CS(=O)O)cc3)CN(c3ccccc3OC)C2=O)cc1. The van der Waals surface area contributed by atoms with Crippen molar-refractivity contribution in [2.45, 2.75) is 5.75 Å². The quantitative estimate of drug-likeness (QED) is 0.542. The van der Waals surface area contributed by atoms with Gasteiger partial charge in [0.2, 0.25) is 0 Å². The molecule has 1 atom stereocenters. The minimum Gasteiger partial charge on any atom is -0.497 e. The highest BCUT2D eigenvalue weighted by molar-refractivity contribution is 7.78. The van der Waals surface area contributed by atoms with Crippen molar-refractivity contribution in [3.8, 4) is 11.5 Å². The smallest absolute Gasteiger partial charge is 0.259 e. The number of carbonyl (C=O) groups is 1. The first-order valence-electron chi connectivity index (χ1n) is 10.0. The van der Waals surface area contributed by atoms with Crippen molar-refractivity contribution in [1.82, 2.24) is 0 Å². The number of hydrogen-bond acceptors (Lipinski definition) is 4. The van der Waals surface area contributed by atoms with Crippen LogP contribution in [0.15, 0.2) is 72.8 Å². The Hall–Kier alpha value is -3.42. The van der Waals surface area contributed by atoms with Gasteiger partial charge in [-0.2, -0.15) is 0 Å². The van der Waals surface area contributed by atoms with E-state index < -0.39 is 11.1 Å². The molecular weight excluding hydrogens is 426 g/mol. The minimum absolute atomic E-state index is 0.0664. The van der Waals surface area contributed by atoms with Crippen LogP contribution in [0.5, 0.6) is 11.5 Å². The van der Waals surface area contributed by atoms with Gasteiger partial charge in [-0.3, -0.25) is 4.79 Å². The molecule has 4 rings (SSSR count). The lowest BCUT2D eigenvalue weighted by Gasteiger charge is -2.20. The first kappa shape index (κ1) is 21.8. The molecule has 0 aromatic heterocycles. The summed E-state index contributed by atoms with van der Waals surface area (Å²) in [7, 11) is 3.19. The lowest BCUT2D eigenvalue weighted by molar-refractivity contribution is -0.112. The Kier molecular flexibility index (Phi) is 6.39. The van der Waals surface area contributed by atoms with E-state index in [1.807, 2.05) is 72.8 Å². The van der Waals surface area contributed by atoms with E-state index in [9.17, 15) is 9.00 Å². The zero-order valence-electron chi connectivity index (χ0n) is 17.8. The van der Waals surface area contributed by atoms with Gasteiger partial charge >= 0.3 is 0 Å². The molecule has 1 aliphatic heterocycles. The van der Waals surface area contributed by atoms with Crippen LogP contribution in [0.25, 0.3) is 11.1 Å². The van der Waals surface area contributed by atoms with Gasteiger partial charge in [-0.1, -0.05) is 48.5 Å². The van der Waals surface area contributed by atoms with Gasteiger partial charge in [-0.25, -0.2) is 4.21 Å². The third-order valence-corrected chi connectivity index (χ3v) is 6.00. The standard InChI is InChI=1S/C25H23NO5S/c1-30-20-13-11-19(12-14-20)24-21(18-9-7-17(8-10-18)16-32(28)29)15-26(25(24)27)22-5-3-4-6-23(22)31-2/h3-14H,15-16H2,1-2H3,(H,28,29). The Morgan fingerprint density at radius 1 is 0.906 bits per heavy atom. The number of carbonyl (C=O) groups excluding carboxylic acids is 1. The molecule has 0 aliphatic carbocycles. The molecule has 0 bridgehead atoms. The van der Waals surface area contributed by atoms with E-state index in [0.29, 0.717) is 29.3 Å².